The topological polar surface area (TPSA) is 119 Å². The van der Waals surface area contributed by atoms with Gasteiger partial charge in [-0.2, -0.15) is 9.97 Å². The third-order valence-corrected chi connectivity index (χ3v) is 5.77. The van der Waals surface area contributed by atoms with E-state index in [2.05, 4.69) is 15.0 Å². The number of esters is 2. The molecule has 2 aromatic carbocycles. The van der Waals surface area contributed by atoms with Gasteiger partial charge in [-0.05, 0) is 90.6 Å². The van der Waals surface area contributed by atoms with Crippen LogP contribution in [0.2, 0.25) is 0 Å². The summed E-state index contributed by atoms with van der Waals surface area (Å²) >= 11 is 0. The summed E-state index contributed by atoms with van der Waals surface area (Å²) in [5, 5.41) is 0. The SMILES string of the molecule is CCN(CC)c1nc(Oc2ccc(C(=O)OCCN(C)C)cc2)nc(Oc2ccc(C(=O)OCCN(C)C)cc2)n1. The van der Waals surface area contributed by atoms with Crippen molar-refractivity contribution in [2.75, 3.05) is 72.5 Å². The number of hydrogen-bond acceptors (Lipinski definition) is 12. The van der Waals surface area contributed by atoms with Gasteiger partial charge in [0.25, 0.3) is 0 Å². The van der Waals surface area contributed by atoms with Crippen molar-refractivity contribution in [3.8, 4) is 23.5 Å². The molecule has 0 fully saturated rings. The number of nitrogens with zero attached hydrogens (tertiary/aromatic N) is 6. The highest BCUT2D eigenvalue weighted by atomic mass is 16.5. The number of aromatic nitrogens is 3. The minimum Gasteiger partial charge on any atom is -0.461 e. The van der Waals surface area contributed by atoms with Crippen LogP contribution in [0, 0.1) is 0 Å². The summed E-state index contributed by atoms with van der Waals surface area (Å²) in [4.78, 5) is 43.5. The number of carbonyl (C=O) groups is 2. The van der Waals surface area contributed by atoms with Crippen molar-refractivity contribution >= 4 is 17.9 Å². The van der Waals surface area contributed by atoms with Crippen LogP contribution in [0.4, 0.5) is 5.95 Å². The van der Waals surface area contributed by atoms with Gasteiger partial charge in [-0.1, -0.05) is 0 Å². The molecule has 0 N–H and O–H groups in total. The number of benzene rings is 2. The first-order valence-electron chi connectivity index (χ1n) is 13.4. The molecule has 12 heteroatoms. The third kappa shape index (κ3) is 10.00. The summed E-state index contributed by atoms with van der Waals surface area (Å²) in [5.74, 6) is 0.415. The van der Waals surface area contributed by atoms with Crippen LogP contribution in [-0.2, 0) is 9.47 Å². The molecule has 0 saturated carbocycles. The fraction of sp³-hybridized carbons (Fsp3) is 0.414. The summed E-state index contributed by atoms with van der Waals surface area (Å²) < 4.78 is 22.3. The molecule has 3 rings (SSSR count). The van der Waals surface area contributed by atoms with Crippen LogP contribution in [-0.4, -0.2) is 104 Å². The van der Waals surface area contributed by atoms with Gasteiger partial charge in [-0.3, -0.25) is 0 Å². The standard InChI is InChI=1S/C29H38N6O6/c1-7-35(8-2)27-30-28(40-23-13-9-21(10-14-23)25(36)38-19-17-33(3)4)32-29(31-27)41-24-15-11-22(12-16-24)26(37)39-20-18-34(5)6/h9-16H,7-8,17-20H2,1-6H3. The molecule has 41 heavy (non-hydrogen) atoms. The minimum absolute atomic E-state index is 0.0271. The lowest BCUT2D eigenvalue weighted by molar-refractivity contribution is 0.0472. The fourth-order valence-corrected chi connectivity index (χ4v) is 3.40. The number of likely N-dealkylation sites (N-methyl/N-ethyl adjacent to an activating group) is 2. The normalized spacial score (nSPS) is 10.9. The van der Waals surface area contributed by atoms with Gasteiger partial charge in [-0.15, -0.1) is 4.98 Å². The van der Waals surface area contributed by atoms with Gasteiger partial charge in [0.05, 0.1) is 11.1 Å². The van der Waals surface area contributed by atoms with Gasteiger partial charge < -0.3 is 33.6 Å². The predicted octanol–water partition coefficient (Wildman–Crippen LogP) is 3.74. The van der Waals surface area contributed by atoms with E-state index in [9.17, 15) is 9.59 Å². The van der Waals surface area contributed by atoms with E-state index in [0.717, 1.165) is 0 Å². The van der Waals surface area contributed by atoms with E-state index in [4.69, 9.17) is 18.9 Å². The first-order valence-corrected chi connectivity index (χ1v) is 13.4. The highest BCUT2D eigenvalue weighted by Crippen LogP contribution is 2.26. The number of hydrogen-bond donors (Lipinski definition) is 0. The summed E-state index contributed by atoms with van der Waals surface area (Å²) in [5.41, 5.74) is 0.814. The molecule has 220 valence electrons. The molecule has 0 bridgehead atoms. The zero-order valence-corrected chi connectivity index (χ0v) is 24.5. The smallest absolute Gasteiger partial charge is 0.338 e. The monoisotopic (exact) mass is 566 g/mol. The lowest BCUT2D eigenvalue weighted by Crippen LogP contribution is -2.24. The van der Waals surface area contributed by atoms with Crippen molar-refractivity contribution in [3.63, 3.8) is 0 Å². The largest absolute Gasteiger partial charge is 0.461 e. The van der Waals surface area contributed by atoms with Crippen LogP contribution < -0.4 is 14.4 Å². The minimum atomic E-state index is -0.411. The molecule has 0 aliphatic carbocycles. The van der Waals surface area contributed by atoms with Gasteiger partial charge in [0, 0.05) is 26.2 Å². The van der Waals surface area contributed by atoms with E-state index in [1.165, 1.54) is 0 Å². The maximum absolute atomic E-state index is 12.3. The van der Waals surface area contributed by atoms with Gasteiger partial charge in [-0.25, -0.2) is 9.59 Å². The van der Waals surface area contributed by atoms with Crippen molar-refractivity contribution < 1.29 is 28.5 Å². The van der Waals surface area contributed by atoms with Gasteiger partial charge in [0.1, 0.15) is 24.7 Å². The summed E-state index contributed by atoms with van der Waals surface area (Å²) in [7, 11) is 7.63. The molecule has 0 aliphatic heterocycles. The Balaban J connectivity index is 1.73. The first-order chi connectivity index (χ1) is 19.7. The highest BCUT2D eigenvalue weighted by Gasteiger charge is 2.16. The Hall–Kier alpha value is -4.29. The Morgan fingerprint density at radius 3 is 1.37 bits per heavy atom. The molecule has 0 atom stereocenters. The summed E-state index contributed by atoms with van der Waals surface area (Å²) in [6.45, 7) is 7.18. The van der Waals surface area contributed by atoms with Crippen LogP contribution in [0.3, 0.4) is 0 Å². The Bertz CT molecular complexity index is 1170. The molecule has 1 aromatic heterocycles. The van der Waals surface area contributed by atoms with Crippen molar-refractivity contribution in [2.45, 2.75) is 13.8 Å². The van der Waals surface area contributed by atoms with Crippen LogP contribution in [0.25, 0.3) is 0 Å². The maximum Gasteiger partial charge on any atom is 0.338 e. The second kappa shape index (κ2) is 15.5. The van der Waals surface area contributed by atoms with Crippen molar-refractivity contribution in [3.05, 3.63) is 59.7 Å². The van der Waals surface area contributed by atoms with Gasteiger partial charge >= 0.3 is 24.0 Å². The van der Waals surface area contributed by atoms with Crippen LogP contribution in [0.5, 0.6) is 23.5 Å². The molecular weight excluding hydrogens is 528 g/mol. The summed E-state index contributed by atoms with van der Waals surface area (Å²) in [6.07, 6.45) is 0. The second-order valence-corrected chi connectivity index (χ2v) is 9.50. The van der Waals surface area contributed by atoms with E-state index >= 15 is 0 Å². The van der Waals surface area contributed by atoms with Crippen LogP contribution in [0.1, 0.15) is 34.6 Å². The fourth-order valence-electron chi connectivity index (χ4n) is 3.40. The lowest BCUT2D eigenvalue weighted by atomic mass is 10.2. The third-order valence-electron chi connectivity index (χ3n) is 5.77. The molecule has 12 nitrogen and oxygen atoms in total. The van der Waals surface area contributed by atoms with E-state index in [1.807, 2.05) is 56.7 Å². The number of carbonyl (C=O) groups excluding carboxylic acids is 2. The Labute approximate surface area is 240 Å². The highest BCUT2D eigenvalue weighted by molar-refractivity contribution is 5.90. The summed E-state index contributed by atoms with van der Waals surface area (Å²) in [6, 6.07) is 13.1. The predicted molar refractivity (Wildman–Crippen MR) is 154 cm³/mol. The first kappa shape index (κ1) is 31.2. The molecule has 0 aliphatic rings. The van der Waals surface area contributed by atoms with E-state index in [1.54, 1.807) is 48.5 Å². The van der Waals surface area contributed by atoms with E-state index < -0.39 is 11.9 Å². The van der Waals surface area contributed by atoms with E-state index in [0.29, 0.717) is 68.0 Å². The average molecular weight is 567 g/mol. The van der Waals surface area contributed by atoms with Gasteiger partial charge in [0.15, 0.2) is 0 Å². The molecule has 0 amide bonds. The van der Waals surface area contributed by atoms with Crippen molar-refractivity contribution in [1.29, 1.82) is 0 Å². The number of anilines is 1. The van der Waals surface area contributed by atoms with E-state index in [-0.39, 0.29) is 12.0 Å². The Kier molecular flexibility index (Phi) is 11.8. The number of rotatable bonds is 15. The molecule has 0 spiro atoms. The molecular formula is C29H38N6O6. The molecule has 0 radical (unpaired) electrons. The molecule has 0 unspecified atom stereocenters. The van der Waals surface area contributed by atoms with Crippen molar-refractivity contribution in [2.24, 2.45) is 0 Å². The molecule has 1 heterocycles. The Morgan fingerprint density at radius 2 is 1.02 bits per heavy atom. The lowest BCUT2D eigenvalue weighted by Gasteiger charge is -2.19. The molecule has 3 aromatic rings. The van der Waals surface area contributed by atoms with Crippen LogP contribution in [0.15, 0.2) is 48.5 Å². The zero-order chi connectivity index (χ0) is 29.8. The van der Waals surface area contributed by atoms with Gasteiger partial charge in [0.2, 0.25) is 5.95 Å². The Morgan fingerprint density at radius 1 is 0.634 bits per heavy atom. The number of ether oxygens (including phenoxy) is 4. The zero-order valence-electron chi connectivity index (χ0n) is 24.5. The van der Waals surface area contributed by atoms with Crippen molar-refractivity contribution in [1.82, 2.24) is 24.8 Å². The molecule has 0 saturated heterocycles. The van der Waals surface area contributed by atoms with Crippen LogP contribution >= 0.6 is 0 Å². The quantitative estimate of drug-likeness (QED) is 0.249. The maximum atomic E-state index is 12.3. The average Bonchev–Trinajstić information content (AvgIpc) is 2.94. The second-order valence-electron chi connectivity index (χ2n) is 9.50.